The van der Waals surface area contributed by atoms with E-state index >= 15 is 0 Å². The Morgan fingerprint density at radius 3 is 2.76 bits per heavy atom. The minimum absolute atomic E-state index is 0.129. The molecule has 1 atom stereocenters. The number of nitrogens with one attached hydrogen (secondary N) is 2. The lowest BCUT2D eigenvalue weighted by Gasteiger charge is -2.07. The molecule has 1 aliphatic rings. The molecule has 1 aromatic heterocycles. The van der Waals surface area contributed by atoms with Gasteiger partial charge in [0.2, 0.25) is 16.0 Å². The van der Waals surface area contributed by atoms with E-state index in [1.54, 1.807) is 0 Å². The van der Waals surface area contributed by atoms with Crippen molar-refractivity contribution in [1.82, 2.24) is 15.5 Å². The van der Waals surface area contributed by atoms with E-state index in [2.05, 4.69) is 20.8 Å². The fourth-order valence-electron chi connectivity index (χ4n) is 1.49. The average Bonchev–Trinajstić information content (AvgIpc) is 2.85. The Kier molecular flexibility index (Phi) is 3.29. The molecule has 2 rings (SSSR count). The first-order chi connectivity index (χ1) is 7.97. The van der Waals surface area contributed by atoms with E-state index in [4.69, 9.17) is 0 Å². The third kappa shape index (κ3) is 2.91. The predicted octanol–water partition coefficient (Wildman–Crippen LogP) is 1.25. The Balaban J connectivity index is 1.99. The number of anilines is 1. The van der Waals surface area contributed by atoms with E-state index in [1.165, 1.54) is 0 Å². The van der Waals surface area contributed by atoms with Crippen LogP contribution in [0.25, 0.3) is 0 Å². The lowest BCUT2D eigenvalue weighted by molar-refractivity contribution is -0.138. The minimum atomic E-state index is -4.52. The van der Waals surface area contributed by atoms with Gasteiger partial charge in [-0.3, -0.25) is 10.1 Å². The maximum atomic E-state index is 12.2. The molecule has 94 valence electrons. The first-order valence-electron chi connectivity index (χ1n) is 4.92. The standard InChI is InChI=1S/C8H9F3N4OS/c9-8(10,11)6-14-15-7(17-6)13-5(16)4-2-1-3-12-4/h4,12H,1-3H2,(H,13,15,16). The van der Waals surface area contributed by atoms with Gasteiger partial charge >= 0.3 is 6.18 Å². The Labute approximate surface area is 98.4 Å². The van der Waals surface area contributed by atoms with Crippen LogP contribution in [-0.2, 0) is 11.0 Å². The van der Waals surface area contributed by atoms with Gasteiger partial charge in [-0.15, -0.1) is 10.2 Å². The maximum absolute atomic E-state index is 12.2. The highest BCUT2D eigenvalue weighted by Crippen LogP contribution is 2.33. The molecular weight excluding hydrogens is 257 g/mol. The normalized spacial score (nSPS) is 20.5. The molecule has 0 aromatic carbocycles. The maximum Gasteiger partial charge on any atom is 0.445 e. The van der Waals surface area contributed by atoms with Crippen molar-refractivity contribution >= 4 is 22.4 Å². The van der Waals surface area contributed by atoms with Crippen LogP contribution in [0.2, 0.25) is 0 Å². The number of amides is 1. The van der Waals surface area contributed by atoms with Crippen LogP contribution in [-0.4, -0.2) is 28.7 Å². The highest BCUT2D eigenvalue weighted by molar-refractivity contribution is 7.15. The molecule has 1 saturated heterocycles. The van der Waals surface area contributed by atoms with Crippen molar-refractivity contribution in [1.29, 1.82) is 0 Å². The summed E-state index contributed by atoms with van der Waals surface area (Å²) in [7, 11) is 0. The second-order valence-electron chi connectivity index (χ2n) is 3.55. The largest absolute Gasteiger partial charge is 0.445 e. The van der Waals surface area contributed by atoms with E-state index < -0.39 is 11.2 Å². The van der Waals surface area contributed by atoms with Crippen LogP contribution in [0.5, 0.6) is 0 Å². The molecule has 0 aliphatic carbocycles. The predicted molar refractivity (Wildman–Crippen MR) is 54.6 cm³/mol. The van der Waals surface area contributed by atoms with Crippen molar-refractivity contribution in [3.8, 4) is 0 Å². The van der Waals surface area contributed by atoms with Crippen LogP contribution >= 0.6 is 11.3 Å². The smallest absolute Gasteiger partial charge is 0.306 e. The fraction of sp³-hybridized carbons (Fsp3) is 0.625. The van der Waals surface area contributed by atoms with Crippen molar-refractivity contribution in [3.63, 3.8) is 0 Å². The van der Waals surface area contributed by atoms with Gasteiger partial charge in [-0.25, -0.2) is 0 Å². The van der Waals surface area contributed by atoms with E-state index in [1.807, 2.05) is 0 Å². The van der Waals surface area contributed by atoms with Crippen LogP contribution in [0.1, 0.15) is 17.8 Å². The molecule has 1 aliphatic heterocycles. The molecule has 1 fully saturated rings. The first kappa shape index (κ1) is 12.2. The van der Waals surface area contributed by atoms with Gasteiger partial charge in [-0.05, 0) is 19.4 Å². The number of halogens is 3. The third-order valence-corrected chi connectivity index (χ3v) is 3.16. The zero-order valence-electron chi connectivity index (χ0n) is 8.54. The highest BCUT2D eigenvalue weighted by atomic mass is 32.1. The van der Waals surface area contributed by atoms with Gasteiger partial charge in [0.15, 0.2) is 0 Å². The molecule has 2 heterocycles. The molecular formula is C8H9F3N4OS. The minimum Gasteiger partial charge on any atom is -0.306 e. The number of hydrogen-bond acceptors (Lipinski definition) is 5. The first-order valence-corrected chi connectivity index (χ1v) is 5.73. The second-order valence-corrected chi connectivity index (χ2v) is 4.53. The SMILES string of the molecule is O=C(Nc1nnc(C(F)(F)F)s1)C1CCCN1. The van der Waals surface area contributed by atoms with Gasteiger partial charge in [0.1, 0.15) is 0 Å². The van der Waals surface area contributed by atoms with Crippen LogP contribution < -0.4 is 10.6 Å². The molecule has 1 aromatic rings. The molecule has 17 heavy (non-hydrogen) atoms. The van der Waals surface area contributed by atoms with Crippen molar-refractivity contribution in [2.24, 2.45) is 0 Å². The number of nitrogens with zero attached hydrogens (tertiary/aromatic N) is 2. The Hall–Kier alpha value is -1.22. The lowest BCUT2D eigenvalue weighted by Crippen LogP contribution is -2.35. The summed E-state index contributed by atoms with van der Waals surface area (Å²) in [4.78, 5) is 11.6. The van der Waals surface area contributed by atoms with Crippen molar-refractivity contribution in [2.75, 3.05) is 11.9 Å². The van der Waals surface area contributed by atoms with Gasteiger partial charge in [0, 0.05) is 0 Å². The Morgan fingerprint density at radius 2 is 2.24 bits per heavy atom. The van der Waals surface area contributed by atoms with E-state index in [0.29, 0.717) is 17.8 Å². The van der Waals surface area contributed by atoms with E-state index in [0.717, 1.165) is 13.0 Å². The monoisotopic (exact) mass is 266 g/mol. The quantitative estimate of drug-likeness (QED) is 0.845. The van der Waals surface area contributed by atoms with Gasteiger partial charge < -0.3 is 5.32 Å². The van der Waals surface area contributed by atoms with Crippen LogP contribution in [0.4, 0.5) is 18.3 Å². The van der Waals surface area contributed by atoms with Crippen molar-refractivity contribution in [2.45, 2.75) is 25.1 Å². The summed E-state index contributed by atoms with van der Waals surface area (Å²) in [5.41, 5.74) is 0. The van der Waals surface area contributed by atoms with Crippen molar-refractivity contribution in [3.05, 3.63) is 5.01 Å². The number of hydrogen-bond donors (Lipinski definition) is 2. The van der Waals surface area contributed by atoms with Gasteiger partial charge in [-0.1, -0.05) is 11.3 Å². The van der Waals surface area contributed by atoms with Gasteiger partial charge in [-0.2, -0.15) is 13.2 Å². The molecule has 2 N–H and O–H groups in total. The molecule has 0 radical (unpaired) electrons. The number of carbonyl (C=O) groups is 1. The summed E-state index contributed by atoms with van der Waals surface area (Å²) in [6, 6.07) is -0.353. The average molecular weight is 266 g/mol. The summed E-state index contributed by atoms with van der Waals surface area (Å²) in [6.07, 6.45) is -2.97. The van der Waals surface area contributed by atoms with Crippen LogP contribution in [0.15, 0.2) is 0 Å². The summed E-state index contributed by atoms with van der Waals surface area (Å²) >= 11 is 0.320. The molecule has 1 unspecified atom stereocenters. The summed E-state index contributed by atoms with van der Waals surface area (Å²) in [5, 5.41) is 10.3. The number of carbonyl (C=O) groups excluding carboxylic acids is 1. The van der Waals surface area contributed by atoms with Gasteiger partial charge in [0.05, 0.1) is 6.04 Å². The second kappa shape index (κ2) is 4.57. The topological polar surface area (TPSA) is 66.9 Å². The zero-order chi connectivity index (χ0) is 12.5. The summed E-state index contributed by atoms with van der Waals surface area (Å²) < 4.78 is 36.7. The fourth-order valence-corrected chi connectivity index (χ4v) is 2.10. The van der Waals surface area contributed by atoms with E-state index in [-0.39, 0.29) is 17.1 Å². The summed E-state index contributed by atoms with van der Waals surface area (Å²) in [6.45, 7) is 0.738. The van der Waals surface area contributed by atoms with E-state index in [9.17, 15) is 18.0 Å². The molecule has 5 nitrogen and oxygen atoms in total. The lowest BCUT2D eigenvalue weighted by atomic mass is 10.2. The molecule has 1 amide bonds. The number of aromatic nitrogens is 2. The molecule has 0 saturated carbocycles. The van der Waals surface area contributed by atoms with Crippen molar-refractivity contribution < 1.29 is 18.0 Å². The Bertz CT molecular complexity index is 413. The molecule has 0 spiro atoms. The van der Waals surface area contributed by atoms with Gasteiger partial charge in [0.25, 0.3) is 0 Å². The Morgan fingerprint density at radius 1 is 1.47 bits per heavy atom. The highest BCUT2D eigenvalue weighted by Gasteiger charge is 2.36. The number of rotatable bonds is 2. The molecule has 0 bridgehead atoms. The zero-order valence-corrected chi connectivity index (χ0v) is 9.36. The summed E-state index contributed by atoms with van der Waals surface area (Å²) in [5.74, 6) is -0.368. The third-order valence-electron chi connectivity index (χ3n) is 2.27. The molecule has 9 heteroatoms. The van der Waals surface area contributed by atoms with Crippen LogP contribution in [0, 0.1) is 0 Å². The number of alkyl halides is 3. The van der Waals surface area contributed by atoms with Crippen LogP contribution in [0.3, 0.4) is 0 Å².